The zero-order valence-corrected chi connectivity index (χ0v) is 8.64. The summed E-state index contributed by atoms with van der Waals surface area (Å²) >= 11 is 5.87. The zero-order valence-electron chi connectivity index (χ0n) is 7.88. The average Bonchev–Trinajstić information content (AvgIpc) is 2.08. The summed E-state index contributed by atoms with van der Waals surface area (Å²) in [6, 6.07) is 7.98. The lowest BCUT2D eigenvalue weighted by molar-refractivity contribution is -0.116. The predicted molar refractivity (Wildman–Crippen MR) is 55.2 cm³/mol. The van der Waals surface area contributed by atoms with Crippen molar-refractivity contribution in [2.24, 2.45) is 0 Å². The molecule has 1 unspecified atom stereocenters. The number of alkyl halides is 1. The van der Waals surface area contributed by atoms with Crippen LogP contribution in [0.4, 0.5) is 0 Å². The highest BCUT2D eigenvalue weighted by Gasteiger charge is 2.11. The Morgan fingerprint density at radius 2 is 2.08 bits per heavy atom. The molecule has 0 aliphatic heterocycles. The van der Waals surface area contributed by atoms with Crippen LogP contribution in [0.15, 0.2) is 24.3 Å². The number of benzene rings is 1. The van der Waals surface area contributed by atoms with E-state index >= 15 is 0 Å². The van der Waals surface area contributed by atoms with E-state index in [1.54, 1.807) is 0 Å². The number of hydrogen-bond acceptors (Lipinski definition) is 1. The van der Waals surface area contributed by atoms with Crippen molar-refractivity contribution in [2.75, 3.05) is 0 Å². The SMILES string of the molecule is CC(=O)C(Cl)Cc1ccccc1C. The topological polar surface area (TPSA) is 17.1 Å². The molecular weight excluding hydrogens is 184 g/mol. The van der Waals surface area contributed by atoms with Crippen molar-refractivity contribution < 1.29 is 4.79 Å². The van der Waals surface area contributed by atoms with Gasteiger partial charge in [-0.3, -0.25) is 4.79 Å². The van der Waals surface area contributed by atoms with Crippen LogP contribution in [-0.2, 0) is 11.2 Å². The van der Waals surface area contributed by atoms with E-state index in [1.165, 1.54) is 12.5 Å². The van der Waals surface area contributed by atoms with Crippen molar-refractivity contribution in [3.8, 4) is 0 Å². The summed E-state index contributed by atoms with van der Waals surface area (Å²) in [5, 5.41) is -0.388. The summed E-state index contributed by atoms with van der Waals surface area (Å²) in [7, 11) is 0. The first kappa shape index (κ1) is 10.3. The highest BCUT2D eigenvalue weighted by molar-refractivity contribution is 6.30. The van der Waals surface area contributed by atoms with Gasteiger partial charge in [0.25, 0.3) is 0 Å². The molecule has 0 amide bonds. The van der Waals surface area contributed by atoms with Gasteiger partial charge in [-0.1, -0.05) is 24.3 Å². The maximum absolute atomic E-state index is 10.9. The van der Waals surface area contributed by atoms with Crippen LogP contribution in [0.5, 0.6) is 0 Å². The fourth-order valence-electron chi connectivity index (χ4n) is 1.18. The van der Waals surface area contributed by atoms with Crippen LogP contribution < -0.4 is 0 Å². The largest absolute Gasteiger partial charge is 0.298 e. The number of halogens is 1. The minimum absolute atomic E-state index is 0.0323. The van der Waals surface area contributed by atoms with Gasteiger partial charge in [0, 0.05) is 0 Å². The van der Waals surface area contributed by atoms with Gasteiger partial charge in [-0.25, -0.2) is 0 Å². The van der Waals surface area contributed by atoms with E-state index in [9.17, 15) is 4.79 Å². The molecule has 2 heteroatoms. The molecule has 0 aliphatic carbocycles. The van der Waals surface area contributed by atoms with Crippen molar-refractivity contribution in [1.29, 1.82) is 0 Å². The molecule has 0 N–H and O–H groups in total. The number of aryl methyl sites for hydroxylation is 1. The number of hydrogen-bond donors (Lipinski definition) is 0. The number of ketones is 1. The number of rotatable bonds is 3. The molecule has 0 bridgehead atoms. The van der Waals surface area contributed by atoms with Gasteiger partial charge in [0.1, 0.15) is 5.78 Å². The van der Waals surface area contributed by atoms with Crippen molar-refractivity contribution in [3.63, 3.8) is 0 Å². The van der Waals surface area contributed by atoms with Crippen LogP contribution in [-0.4, -0.2) is 11.2 Å². The lowest BCUT2D eigenvalue weighted by Gasteiger charge is -2.07. The van der Waals surface area contributed by atoms with Gasteiger partial charge in [0.05, 0.1) is 5.38 Å². The maximum Gasteiger partial charge on any atom is 0.147 e. The van der Waals surface area contributed by atoms with Gasteiger partial charge in [-0.05, 0) is 31.4 Å². The Morgan fingerprint density at radius 1 is 1.46 bits per heavy atom. The molecule has 1 rings (SSSR count). The molecule has 1 aromatic rings. The molecule has 0 radical (unpaired) electrons. The van der Waals surface area contributed by atoms with Crippen LogP contribution in [0, 0.1) is 6.92 Å². The minimum atomic E-state index is -0.388. The molecule has 0 saturated heterocycles. The number of Topliss-reactive ketones (excluding diaryl/α,β-unsaturated/α-hetero) is 1. The normalized spacial score (nSPS) is 12.5. The third-order valence-corrected chi connectivity index (χ3v) is 2.56. The lowest BCUT2D eigenvalue weighted by Crippen LogP contribution is -2.13. The van der Waals surface area contributed by atoms with Gasteiger partial charge in [0.15, 0.2) is 0 Å². The third-order valence-electron chi connectivity index (χ3n) is 2.10. The van der Waals surface area contributed by atoms with E-state index in [4.69, 9.17) is 11.6 Å². The van der Waals surface area contributed by atoms with Gasteiger partial charge >= 0.3 is 0 Å². The zero-order chi connectivity index (χ0) is 9.84. The Balaban J connectivity index is 2.74. The number of carbonyl (C=O) groups is 1. The van der Waals surface area contributed by atoms with Gasteiger partial charge < -0.3 is 0 Å². The van der Waals surface area contributed by atoms with E-state index in [0.29, 0.717) is 6.42 Å². The van der Waals surface area contributed by atoms with Gasteiger partial charge in [0.2, 0.25) is 0 Å². The monoisotopic (exact) mass is 196 g/mol. The molecule has 0 heterocycles. The van der Waals surface area contributed by atoms with Crippen LogP contribution in [0.2, 0.25) is 0 Å². The first-order valence-electron chi connectivity index (χ1n) is 4.30. The van der Waals surface area contributed by atoms with Gasteiger partial charge in [-0.2, -0.15) is 0 Å². The third kappa shape index (κ3) is 2.85. The lowest BCUT2D eigenvalue weighted by atomic mass is 10.0. The second kappa shape index (κ2) is 4.43. The van der Waals surface area contributed by atoms with Crippen molar-refractivity contribution in [2.45, 2.75) is 25.6 Å². The molecule has 0 saturated carbocycles. The summed E-state index contributed by atoms with van der Waals surface area (Å²) in [5.74, 6) is 0.0323. The summed E-state index contributed by atoms with van der Waals surface area (Å²) in [4.78, 5) is 10.9. The van der Waals surface area contributed by atoms with Crippen molar-refractivity contribution in [3.05, 3.63) is 35.4 Å². The quantitative estimate of drug-likeness (QED) is 0.680. The second-order valence-corrected chi connectivity index (χ2v) is 3.74. The summed E-state index contributed by atoms with van der Waals surface area (Å²) < 4.78 is 0. The van der Waals surface area contributed by atoms with E-state index in [1.807, 2.05) is 31.2 Å². The Morgan fingerprint density at radius 3 is 2.62 bits per heavy atom. The molecule has 1 atom stereocenters. The molecule has 1 aromatic carbocycles. The van der Waals surface area contributed by atoms with Crippen LogP contribution >= 0.6 is 11.6 Å². The minimum Gasteiger partial charge on any atom is -0.298 e. The molecule has 0 aliphatic rings. The van der Waals surface area contributed by atoms with Crippen LogP contribution in [0.3, 0.4) is 0 Å². The molecule has 70 valence electrons. The maximum atomic E-state index is 10.9. The summed E-state index contributed by atoms with van der Waals surface area (Å²) in [6.45, 7) is 3.55. The van der Waals surface area contributed by atoms with E-state index in [2.05, 4.69) is 0 Å². The van der Waals surface area contributed by atoms with E-state index in [0.717, 1.165) is 5.56 Å². The second-order valence-electron chi connectivity index (χ2n) is 3.21. The predicted octanol–water partition coefficient (Wildman–Crippen LogP) is 2.73. The molecule has 0 aromatic heterocycles. The highest BCUT2D eigenvalue weighted by Crippen LogP contribution is 2.13. The molecular formula is C11H13ClO. The first-order valence-corrected chi connectivity index (χ1v) is 4.74. The van der Waals surface area contributed by atoms with E-state index in [-0.39, 0.29) is 11.2 Å². The summed E-state index contributed by atoms with van der Waals surface area (Å²) in [6.07, 6.45) is 0.629. The Kier molecular flexibility index (Phi) is 3.49. The van der Waals surface area contributed by atoms with Crippen LogP contribution in [0.25, 0.3) is 0 Å². The Bertz CT molecular complexity index is 307. The van der Waals surface area contributed by atoms with Crippen LogP contribution in [0.1, 0.15) is 18.1 Å². The van der Waals surface area contributed by atoms with Gasteiger partial charge in [-0.15, -0.1) is 11.6 Å². The van der Waals surface area contributed by atoms with Crippen molar-refractivity contribution >= 4 is 17.4 Å². The first-order chi connectivity index (χ1) is 6.11. The standard InChI is InChI=1S/C11H13ClO/c1-8-5-3-4-6-10(8)7-11(12)9(2)13/h3-6,11H,7H2,1-2H3. The fraction of sp³-hybridized carbons (Fsp3) is 0.364. The Labute approximate surface area is 83.7 Å². The molecule has 1 nitrogen and oxygen atoms in total. The summed E-state index contributed by atoms with van der Waals surface area (Å²) in [5.41, 5.74) is 2.34. The number of carbonyl (C=O) groups excluding carboxylic acids is 1. The highest BCUT2D eigenvalue weighted by atomic mass is 35.5. The smallest absolute Gasteiger partial charge is 0.147 e. The average molecular weight is 197 g/mol. The molecule has 0 fully saturated rings. The fourth-order valence-corrected chi connectivity index (χ4v) is 1.34. The van der Waals surface area contributed by atoms with Crippen molar-refractivity contribution in [1.82, 2.24) is 0 Å². The molecule has 13 heavy (non-hydrogen) atoms. The van der Waals surface area contributed by atoms with E-state index < -0.39 is 0 Å². The Hall–Kier alpha value is -0.820. The molecule has 0 spiro atoms.